The van der Waals surface area contributed by atoms with Gasteiger partial charge >= 0.3 is 0 Å². The molecule has 1 heterocycles. The molecule has 118 valence electrons. The number of nitrogens with zero attached hydrogens (tertiary/aromatic N) is 3. The quantitative estimate of drug-likeness (QED) is 0.715. The first kappa shape index (κ1) is 16.1. The maximum absolute atomic E-state index is 12.0. The summed E-state index contributed by atoms with van der Waals surface area (Å²) in [4.78, 5) is 12.0. The lowest BCUT2D eigenvalue weighted by Gasteiger charge is -2.11. The number of carbonyl (C=O) groups is 1. The van der Waals surface area contributed by atoms with Crippen LogP contribution in [0.3, 0.4) is 0 Å². The predicted octanol–water partition coefficient (Wildman–Crippen LogP) is 1.14. The highest BCUT2D eigenvalue weighted by molar-refractivity contribution is 5.95. The molecule has 0 fully saturated rings. The van der Waals surface area contributed by atoms with Crippen LogP contribution in [0.1, 0.15) is 6.92 Å². The van der Waals surface area contributed by atoms with Gasteiger partial charge in [-0.1, -0.05) is 12.1 Å². The van der Waals surface area contributed by atoms with Gasteiger partial charge in [0.2, 0.25) is 5.91 Å². The molecule has 1 aromatic carbocycles. The fourth-order valence-electron chi connectivity index (χ4n) is 2.05. The Bertz CT molecular complexity index is 611. The molecule has 0 atom stereocenters. The molecule has 0 saturated carbocycles. The van der Waals surface area contributed by atoms with Gasteiger partial charge in [0.1, 0.15) is 6.33 Å². The van der Waals surface area contributed by atoms with Gasteiger partial charge < -0.3 is 19.9 Å². The number of rotatable bonds is 8. The van der Waals surface area contributed by atoms with Crippen molar-refractivity contribution < 1.29 is 9.53 Å². The number of hydrogen-bond acceptors (Lipinski definition) is 5. The van der Waals surface area contributed by atoms with Gasteiger partial charge in [0.05, 0.1) is 18.8 Å². The summed E-state index contributed by atoms with van der Waals surface area (Å²) in [7, 11) is 1.63. The Balaban J connectivity index is 2.07. The van der Waals surface area contributed by atoms with E-state index in [-0.39, 0.29) is 12.5 Å². The van der Waals surface area contributed by atoms with E-state index in [1.165, 1.54) is 0 Å². The SMILES string of the molecule is CCn1cnnc1-c1ccccc1NC(=O)CNCCOC. The Morgan fingerprint density at radius 1 is 1.36 bits per heavy atom. The van der Waals surface area contributed by atoms with Crippen molar-refractivity contribution in [2.45, 2.75) is 13.5 Å². The van der Waals surface area contributed by atoms with Crippen molar-refractivity contribution in [2.24, 2.45) is 0 Å². The number of amides is 1. The van der Waals surface area contributed by atoms with Gasteiger partial charge in [-0.05, 0) is 19.1 Å². The van der Waals surface area contributed by atoms with Crippen molar-refractivity contribution in [1.82, 2.24) is 20.1 Å². The first-order chi connectivity index (χ1) is 10.8. The molecule has 22 heavy (non-hydrogen) atoms. The molecule has 0 aliphatic carbocycles. The van der Waals surface area contributed by atoms with Crippen LogP contribution >= 0.6 is 0 Å². The molecule has 0 saturated heterocycles. The maximum atomic E-state index is 12.0. The van der Waals surface area contributed by atoms with Gasteiger partial charge in [-0.2, -0.15) is 0 Å². The molecule has 0 bridgehead atoms. The standard InChI is InChI=1S/C15H21N5O2/c1-3-20-11-17-19-15(20)12-6-4-5-7-13(12)18-14(21)10-16-8-9-22-2/h4-7,11,16H,3,8-10H2,1-2H3,(H,18,21). The van der Waals surface area contributed by atoms with Crippen molar-refractivity contribution in [3.63, 3.8) is 0 Å². The molecule has 0 spiro atoms. The summed E-state index contributed by atoms with van der Waals surface area (Å²) in [5, 5.41) is 14.0. The van der Waals surface area contributed by atoms with Gasteiger partial charge in [-0.15, -0.1) is 10.2 Å². The zero-order valence-electron chi connectivity index (χ0n) is 12.9. The van der Waals surface area contributed by atoms with E-state index in [1.807, 2.05) is 35.8 Å². The van der Waals surface area contributed by atoms with Crippen LogP contribution in [0, 0.1) is 0 Å². The Hall–Kier alpha value is -2.25. The molecule has 7 nitrogen and oxygen atoms in total. The van der Waals surface area contributed by atoms with E-state index in [2.05, 4.69) is 20.8 Å². The molecule has 0 aliphatic heterocycles. The minimum atomic E-state index is -0.105. The number of anilines is 1. The normalized spacial score (nSPS) is 10.6. The molecule has 7 heteroatoms. The summed E-state index contributed by atoms with van der Waals surface area (Å²) in [6.07, 6.45) is 1.68. The second-order valence-electron chi connectivity index (χ2n) is 4.70. The minimum absolute atomic E-state index is 0.105. The van der Waals surface area contributed by atoms with Crippen LogP contribution in [0.25, 0.3) is 11.4 Å². The third-order valence-corrected chi connectivity index (χ3v) is 3.17. The average Bonchev–Trinajstić information content (AvgIpc) is 3.00. The molecule has 1 amide bonds. The molecule has 1 aromatic heterocycles. The van der Waals surface area contributed by atoms with Crippen LogP contribution in [0.5, 0.6) is 0 Å². The number of ether oxygens (including phenoxy) is 1. The number of hydrogen-bond donors (Lipinski definition) is 2. The fraction of sp³-hybridized carbons (Fsp3) is 0.400. The smallest absolute Gasteiger partial charge is 0.238 e. The highest BCUT2D eigenvalue weighted by atomic mass is 16.5. The van der Waals surface area contributed by atoms with Crippen LogP contribution in [0.2, 0.25) is 0 Å². The largest absolute Gasteiger partial charge is 0.383 e. The van der Waals surface area contributed by atoms with Gasteiger partial charge in [-0.3, -0.25) is 4.79 Å². The Kier molecular flexibility index (Phi) is 6.05. The van der Waals surface area contributed by atoms with Crippen LogP contribution in [-0.2, 0) is 16.1 Å². The monoisotopic (exact) mass is 303 g/mol. The molecule has 2 rings (SSSR count). The van der Waals surface area contributed by atoms with Crippen LogP contribution in [-0.4, -0.2) is 47.5 Å². The van der Waals surface area contributed by atoms with Crippen LogP contribution in [0.15, 0.2) is 30.6 Å². The summed E-state index contributed by atoms with van der Waals surface area (Å²) in [6.45, 7) is 4.23. The number of aromatic nitrogens is 3. The Morgan fingerprint density at radius 3 is 2.95 bits per heavy atom. The zero-order chi connectivity index (χ0) is 15.8. The number of benzene rings is 1. The fourth-order valence-corrected chi connectivity index (χ4v) is 2.05. The second kappa shape index (κ2) is 8.26. The average molecular weight is 303 g/mol. The van der Waals surface area contributed by atoms with Crippen LogP contribution in [0.4, 0.5) is 5.69 Å². The van der Waals surface area contributed by atoms with Crippen LogP contribution < -0.4 is 10.6 Å². The summed E-state index contributed by atoms with van der Waals surface area (Å²) in [5.74, 6) is 0.636. The van der Waals surface area contributed by atoms with E-state index in [9.17, 15) is 4.79 Å². The first-order valence-electron chi connectivity index (χ1n) is 7.23. The number of carbonyl (C=O) groups excluding carboxylic acids is 1. The predicted molar refractivity (Wildman–Crippen MR) is 84.5 cm³/mol. The van der Waals surface area contributed by atoms with E-state index in [4.69, 9.17) is 4.74 Å². The summed E-state index contributed by atoms with van der Waals surface area (Å²) < 4.78 is 6.86. The van der Waals surface area contributed by atoms with Gasteiger partial charge in [0.25, 0.3) is 0 Å². The number of aryl methyl sites for hydroxylation is 1. The van der Waals surface area contributed by atoms with Crippen molar-refractivity contribution >= 4 is 11.6 Å². The van der Waals surface area contributed by atoms with Crippen molar-refractivity contribution in [2.75, 3.05) is 32.1 Å². The van der Waals surface area contributed by atoms with E-state index >= 15 is 0 Å². The number of methoxy groups -OCH3 is 1. The third kappa shape index (κ3) is 4.12. The van der Waals surface area contributed by atoms with Gasteiger partial charge in [-0.25, -0.2) is 0 Å². The highest BCUT2D eigenvalue weighted by Crippen LogP contribution is 2.25. The molecule has 0 unspecified atom stereocenters. The zero-order valence-corrected chi connectivity index (χ0v) is 12.9. The van der Waals surface area contributed by atoms with E-state index in [1.54, 1.807) is 13.4 Å². The summed E-state index contributed by atoms with van der Waals surface area (Å²) >= 11 is 0. The summed E-state index contributed by atoms with van der Waals surface area (Å²) in [6, 6.07) is 7.57. The van der Waals surface area contributed by atoms with Gasteiger partial charge in [0.15, 0.2) is 5.82 Å². The lowest BCUT2D eigenvalue weighted by Crippen LogP contribution is -2.30. The summed E-state index contributed by atoms with van der Waals surface area (Å²) in [5.41, 5.74) is 1.58. The van der Waals surface area contributed by atoms with E-state index < -0.39 is 0 Å². The second-order valence-corrected chi connectivity index (χ2v) is 4.70. The molecule has 2 aromatic rings. The van der Waals surface area contributed by atoms with Crippen molar-refractivity contribution in [1.29, 1.82) is 0 Å². The Labute approximate surface area is 129 Å². The lowest BCUT2D eigenvalue weighted by molar-refractivity contribution is -0.115. The molecule has 0 aliphatic rings. The Morgan fingerprint density at radius 2 is 2.18 bits per heavy atom. The van der Waals surface area contributed by atoms with Crippen molar-refractivity contribution in [3.8, 4) is 11.4 Å². The topological polar surface area (TPSA) is 81.1 Å². The molecule has 2 N–H and O–H groups in total. The van der Waals surface area contributed by atoms with Gasteiger partial charge in [0, 0.05) is 25.8 Å². The van der Waals surface area contributed by atoms with E-state index in [0.29, 0.717) is 13.2 Å². The maximum Gasteiger partial charge on any atom is 0.238 e. The third-order valence-electron chi connectivity index (χ3n) is 3.17. The van der Waals surface area contributed by atoms with Crippen molar-refractivity contribution in [3.05, 3.63) is 30.6 Å². The number of nitrogens with one attached hydrogen (secondary N) is 2. The highest BCUT2D eigenvalue weighted by Gasteiger charge is 2.12. The molecule has 0 radical (unpaired) electrons. The number of para-hydroxylation sites is 1. The lowest BCUT2D eigenvalue weighted by atomic mass is 10.1. The molecular weight excluding hydrogens is 282 g/mol. The minimum Gasteiger partial charge on any atom is -0.383 e. The molecular formula is C15H21N5O2. The first-order valence-corrected chi connectivity index (χ1v) is 7.23. The van der Waals surface area contributed by atoms with E-state index in [0.717, 1.165) is 23.6 Å².